The fraction of sp³-hybridized carbons (Fsp3) is 0.0612. The van der Waals surface area contributed by atoms with Crippen LogP contribution < -0.4 is 0 Å². The Labute approximate surface area is 871 Å². The summed E-state index contributed by atoms with van der Waals surface area (Å²) in [5.41, 5.74) is 30.0. The summed E-state index contributed by atoms with van der Waals surface area (Å²) < 4.78 is 7.36. The SMILES string of the molecule is CC(C)(C)c1ccc2c(-c3ccc(-n4c5ccc6ccccc6c5c5c6ccccc6ccc54)cc3)c3ccccc3c(-c3ccccc3)c2c1.CC(C)(C)c1ccc2c(-c3ccccc3)c3ccccc3c(-c3ccc(-n4c5ccc6ccccc6c5c5c6ccccc6ccc54)cc3)c2c1.Cc1ccc2c(-c3ccc(-n4c5ccc6ccccc6c5c5c6ccccc6ccc54)cc3)c3ccccc3c(-c3ccccc3)c2c1. The topological polar surface area (TPSA) is 14.8 Å². The van der Waals surface area contributed by atoms with Crippen LogP contribution in [0.3, 0.4) is 0 Å². The molecule has 0 saturated heterocycles. The first-order valence-corrected chi connectivity index (χ1v) is 52.6. The van der Waals surface area contributed by atoms with Crippen LogP contribution in [0.4, 0.5) is 0 Å². The zero-order valence-corrected chi connectivity index (χ0v) is 84.8. The molecule has 150 heavy (non-hydrogen) atoms. The Hall–Kier alpha value is -18.5. The third kappa shape index (κ3) is 14.5. The van der Waals surface area contributed by atoms with Gasteiger partial charge < -0.3 is 13.7 Å². The first-order valence-electron chi connectivity index (χ1n) is 52.6. The molecular formula is C147H105N3. The van der Waals surface area contributed by atoms with Gasteiger partial charge in [0.05, 0.1) is 33.1 Å². The largest absolute Gasteiger partial charge is 0.309 e. The van der Waals surface area contributed by atoms with Gasteiger partial charge in [-0.2, -0.15) is 0 Å². The van der Waals surface area contributed by atoms with Gasteiger partial charge in [0.25, 0.3) is 0 Å². The molecule has 3 aromatic heterocycles. The van der Waals surface area contributed by atoms with E-state index >= 15 is 0 Å². The van der Waals surface area contributed by atoms with E-state index in [1.807, 2.05) is 0 Å². The van der Waals surface area contributed by atoms with Gasteiger partial charge in [0.2, 0.25) is 0 Å². The van der Waals surface area contributed by atoms with E-state index in [4.69, 9.17) is 0 Å². The molecular weight excluding hydrogens is 1810 g/mol. The average molecular weight is 1910 g/mol. The van der Waals surface area contributed by atoms with Crippen LogP contribution in [0.15, 0.2) is 510 Å². The van der Waals surface area contributed by atoms with E-state index in [2.05, 4.69) is 572 Å². The standard InChI is InChI=1S/2C50H37N.C47H31N/c1-50(2,3)36-25-28-42-43(31-36)47(34-15-5-4-6-16-34)41-20-12-11-19-40(41)46(42)35-21-26-37(27-22-35)51-44-29-23-32-13-7-9-17-38(32)48(44)49-39-18-10-8-14-33(39)24-30-45(49)51;1-50(2,3)36-25-28-42-43(31-36)47(41-20-12-11-19-40(41)46(42)34-15-5-4-6-16-34)35-21-26-37(27-22-35)51-44-29-23-32-13-7-9-17-38(32)48(44)49-39-18-10-8-14-33(39)24-30-45(49)51;1-30-19-26-40-41(29-30)45(33-13-3-2-4-14-33)39-18-10-9-17-38(39)44(40)34-20-24-35(25-21-34)48-42-27-22-31-11-5-7-15-36(31)46(42)47-37-16-8-6-12-32(37)23-28-43(47)48/h2*4-31H,1-3H3;2-29H,1H3. The molecule has 3 nitrogen and oxygen atoms in total. The lowest BCUT2D eigenvalue weighted by atomic mass is 9.81. The molecule has 0 amide bonds. The molecule has 0 bridgehead atoms. The number of rotatable bonds is 9. The van der Waals surface area contributed by atoms with Crippen LogP contribution in [-0.4, -0.2) is 13.7 Å². The van der Waals surface area contributed by atoms with Gasteiger partial charge in [-0.1, -0.05) is 472 Å². The zero-order chi connectivity index (χ0) is 100. The monoisotopic (exact) mass is 1910 g/mol. The second-order valence-electron chi connectivity index (χ2n) is 42.8. The van der Waals surface area contributed by atoms with Crippen LogP contribution in [0, 0.1) is 6.92 Å². The summed E-state index contributed by atoms with van der Waals surface area (Å²) >= 11 is 0. The second kappa shape index (κ2) is 35.4. The lowest BCUT2D eigenvalue weighted by molar-refractivity contribution is 0.591. The predicted molar refractivity (Wildman–Crippen MR) is 647 cm³/mol. The Bertz CT molecular complexity index is 10500. The Kier molecular flexibility index (Phi) is 21.0. The molecule has 0 saturated carbocycles. The second-order valence-corrected chi connectivity index (χ2v) is 42.8. The lowest BCUT2D eigenvalue weighted by Gasteiger charge is -2.23. The van der Waals surface area contributed by atoms with Gasteiger partial charge >= 0.3 is 0 Å². The van der Waals surface area contributed by atoms with Crippen molar-refractivity contribution in [1.82, 2.24) is 13.7 Å². The van der Waals surface area contributed by atoms with Gasteiger partial charge in [-0.3, -0.25) is 0 Å². The van der Waals surface area contributed by atoms with E-state index < -0.39 is 0 Å². The minimum absolute atomic E-state index is 0.0265. The van der Waals surface area contributed by atoms with Crippen molar-refractivity contribution in [3.63, 3.8) is 0 Å². The number of hydrogen-bond acceptors (Lipinski definition) is 0. The van der Waals surface area contributed by atoms with Crippen molar-refractivity contribution in [1.29, 1.82) is 0 Å². The molecule has 0 N–H and O–H groups in total. The highest BCUT2D eigenvalue weighted by atomic mass is 15.0. The summed E-state index contributed by atoms with van der Waals surface area (Å²) in [6.45, 7) is 16.0. The molecule has 27 aromatic carbocycles. The van der Waals surface area contributed by atoms with E-state index in [9.17, 15) is 0 Å². The van der Waals surface area contributed by atoms with E-state index in [1.165, 1.54) is 278 Å². The number of aryl methyl sites for hydroxylation is 1. The van der Waals surface area contributed by atoms with Gasteiger partial charge in [-0.15, -0.1) is 0 Å². The molecule has 3 heteroatoms. The smallest absolute Gasteiger partial charge is 0.0547 e. The molecule has 0 aliphatic carbocycles. The minimum Gasteiger partial charge on any atom is -0.309 e. The Balaban J connectivity index is 0.000000108. The quantitative estimate of drug-likeness (QED) is 0.128. The highest BCUT2D eigenvalue weighted by Crippen LogP contribution is 2.53. The number of aromatic nitrogens is 3. The van der Waals surface area contributed by atoms with Crippen molar-refractivity contribution >= 4 is 195 Å². The van der Waals surface area contributed by atoms with Crippen molar-refractivity contribution < 1.29 is 0 Å². The Morgan fingerprint density at radius 3 is 0.547 bits per heavy atom. The van der Waals surface area contributed by atoms with Crippen molar-refractivity contribution in [2.75, 3.05) is 0 Å². The number of fused-ring (bicyclic) bond motifs is 27. The van der Waals surface area contributed by atoms with Crippen LogP contribution in [0.2, 0.25) is 0 Å². The van der Waals surface area contributed by atoms with Crippen molar-refractivity contribution in [2.45, 2.75) is 59.3 Å². The van der Waals surface area contributed by atoms with Gasteiger partial charge in [0.1, 0.15) is 0 Å². The molecule has 3 heterocycles. The Morgan fingerprint density at radius 2 is 0.320 bits per heavy atom. The first-order chi connectivity index (χ1) is 73.6. The van der Waals surface area contributed by atoms with Crippen LogP contribution in [-0.2, 0) is 10.8 Å². The Morgan fingerprint density at radius 1 is 0.140 bits per heavy atom. The first kappa shape index (κ1) is 89.1. The third-order valence-electron chi connectivity index (χ3n) is 32.0. The van der Waals surface area contributed by atoms with Gasteiger partial charge in [0.15, 0.2) is 0 Å². The maximum absolute atomic E-state index is 2.46. The van der Waals surface area contributed by atoms with E-state index in [1.54, 1.807) is 0 Å². The predicted octanol–water partition coefficient (Wildman–Crippen LogP) is 41.1. The molecule has 708 valence electrons. The number of benzene rings is 27. The average Bonchev–Trinajstić information content (AvgIpc) is 1.48. The molecule has 30 aromatic rings. The van der Waals surface area contributed by atoms with E-state index in [0.717, 1.165) is 17.1 Å². The van der Waals surface area contributed by atoms with Crippen LogP contribution >= 0.6 is 0 Å². The maximum Gasteiger partial charge on any atom is 0.0547 e. The van der Waals surface area contributed by atoms with Crippen LogP contribution in [0.5, 0.6) is 0 Å². The van der Waals surface area contributed by atoms with Crippen molar-refractivity contribution in [3.05, 3.63) is 526 Å². The molecule has 30 rings (SSSR count). The molecule has 0 aliphatic heterocycles. The fourth-order valence-electron chi connectivity index (χ4n) is 25.1. The van der Waals surface area contributed by atoms with Crippen molar-refractivity contribution in [2.24, 2.45) is 0 Å². The zero-order valence-electron chi connectivity index (χ0n) is 84.8. The van der Waals surface area contributed by atoms with Crippen molar-refractivity contribution in [3.8, 4) is 83.8 Å². The van der Waals surface area contributed by atoms with Crippen LogP contribution in [0.1, 0.15) is 58.2 Å². The molecule has 0 fully saturated rings. The third-order valence-corrected chi connectivity index (χ3v) is 32.0. The van der Waals surface area contributed by atoms with E-state index in [0.29, 0.717) is 0 Å². The number of hydrogen-bond donors (Lipinski definition) is 0. The van der Waals surface area contributed by atoms with Gasteiger partial charge in [-0.25, -0.2) is 0 Å². The summed E-state index contributed by atoms with van der Waals surface area (Å²) in [6.07, 6.45) is 0. The highest BCUT2D eigenvalue weighted by Gasteiger charge is 2.29. The summed E-state index contributed by atoms with van der Waals surface area (Å²) in [7, 11) is 0. The summed E-state index contributed by atoms with van der Waals surface area (Å²) in [6, 6.07) is 189. The minimum atomic E-state index is 0.0265. The number of nitrogens with zero attached hydrogens (tertiary/aromatic N) is 3. The summed E-state index contributed by atoms with van der Waals surface area (Å²) in [4.78, 5) is 0. The fourth-order valence-corrected chi connectivity index (χ4v) is 25.1. The van der Waals surface area contributed by atoms with Gasteiger partial charge in [0, 0.05) is 49.4 Å². The highest BCUT2D eigenvalue weighted by molar-refractivity contribution is 6.33. The molecule has 0 radical (unpaired) electrons. The van der Waals surface area contributed by atoms with Gasteiger partial charge in [-0.05, 0) is 310 Å². The molecule has 0 spiro atoms. The molecule has 0 unspecified atom stereocenters. The van der Waals surface area contributed by atoms with E-state index in [-0.39, 0.29) is 10.8 Å². The maximum atomic E-state index is 2.46. The summed E-state index contributed by atoms with van der Waals surface area (Å²) in [5.74, 6) is 0. The normalized spacial score (nSPS) is 12.1. The molecule has 0 atom stereocenters. The molecule has 0 aliphatic rings. The van der Waals surface area contributed by atoms with Crippen LogP contribution in [0.25, 0.3) is 279 Å². The summed E-state index contributed by atoms with van der Waals surface area (Å²) in [5, 5.41) is 38.6. The lowest BCUT2D eigenvalue weighted by Crippen LogP contribution is -2.10.